The number of carbonyl (C=O) groups excluding carboxylic acids is 4. The molecule has 6 heteroatoms. The van der Waals surface area contributed by atoms with Gasteiger partial charge < -0.3 is 4.74 Å². The number of hydrogen-bond donors (Lipinski definition) is 0. The van der Waals surface area contributed by atoms with E-state index in [9.17, 15) is 19.2 Å². The average Bonchev–Trinajstić information content (AvgIpc) is 3.40. The molecule has 0 unspecified atom stereocenters. The molecule has 0 bridgehead atoms. The summed E-state index contributed by atoms with van der Waals surface area (Å²) in [6.07, 6.45) is -0.899. The summed E-state index contributed by atoms with van der Waals surface area (Å²) in [5.41, 5.74) is 0.263. The molecule has 162 valence electrons. The highest BCUT2D eigenvalue weighted by molar-refractivity contribution is 6.37. The molecule has 0 aromatic heterocycles. The first-order valence-corrected chi connectivity index (χ1v) is 10.8. The number of para-hydroxylation sites is 1. The summed E-state index contributed by atoms with van der Waals surface area (Å²) in [6.45, 7) is 1.81. The van der Waals surface area contributed by atoms with Gasteiger partial charge in [0.15, 0.2) is 0 Å². The quantitative estimate of drug-likeness (QED) is 0.451. The van der Waals surface area contributed by atoms with Gasteiger partial charge in [0.05, 0.1) is 23.6 Å². The molecule has 2 aliphatic heterocycles. The molecule has 33 heavy (non-hydrogen) atoms. The number of nitrogens with zero attached hydrogens (tertiary/aromatic N) is 1. The van der Waals surface area contributed by atoms with E-state index in [0.29, 0.717) is 11.3 Å². The Morgan fingerprint density at radius 2 is 1.30 bits per heavy atom. The molecule has 3 aromatic carbocycles. The zero-order valence-corrected chi connectivity index (χ0v) is 17.7. The van der Waals surface area contributed by atoms with E-state index in [1.807, 2.05) is 25.1 Å². The van der Waals surface area contributed by atoms with Crippen molar-refractivity contribution in [1.82, 2.24) is 0 Å². The predicted octanol–water partition coefficient (Wildman–Crippen LogP) is 3.69. The Bertz CT molecular complexity index is 1330. The molecular weight excluding hydrogens is 418 g/mol. The maximum absolute atomic E-state index is 13.9. The maximum Gasteiger partial charge on any atom is 0.241 e. The minimum absolute atomic E-state index is 0.226. The van der Waals surface area contributed by atoms with Gasteiger partial charge >= 0.3 is 0 Å². The van der Waals surface area contributed by atoms with Crippen LogP contribution in [0.3, 0.4) is 0 Å². The Labute approximate surface area is 189 Å². The molecule has 2 heterocycles. The van der Waals surface area contributed by atoms with Crippen LogP contribution < -0.4 is 4.90 Å². The lowest BCUT2D eigenvalue weighted by Crippen LogP contribution is -2.51. The molecule has 6 nitrogen and oxygen atoms in total. The van der Waals surface area contributed by atoms with Crippen molar-refractivity contribution in [2.45, 2.75) is 18.6 Å². The largest absolute Gasteiger partial charge is 0.349 e. The van der Waals surface area contributed by atoms with Crippen molar-refractivity contribution >= 4 is 29.1 Å². The van der Waals surface area contributed by atoms with Gasteiger partial charge in [-0.15, -0.1) is 0 Å². The Balaban J connectivity index is 1.57. The molecule has 0 saturated carbocycles. The number of ether oxygens (including phenoxy) is 1. The highest BCUT2D eigenvalue weighted by Crippen LogP contribution is 2.57. The summed E-state index contributed by atoms with van der Waals surface area (Å²) in [4.78, 5) is 56.1. The third-order valence-corrected chi connectivity index (χ3v) is 7.00. The van der Waals surface area contributed by atoms with Crippen LogP contribution in [-0.4, -0.2) is 29.0 Å². The topological polar surface area (TPSA) is 80.8 Å². The highest BCUT2D eigenvalue weighted by atomic mass is 16.5. The Morgan fingerprint density at radius 1 is 0.727 bits per heavy atom. The molecule has 3 aliphatic rings. The van der Waals surface area contributed by atoms with Crippen molar-refractivity contribution in [3.8, 4) is 0 Å². The molecule has 2 saturated heterocycles. The molecule has 6 rings (SSSR count). The predicted molar refractivity (Wildman–Crippen MR) is 119 cm³/mol. The summed E-state index contributed by atoms with van der Waals surface area (Å²) < 4.78 is 6.26. The van der Waals surface area contributed by atoms with Crippen LogP contribution in [0.15, 0.2) is 78.9 Å². The number of fused-ring (bicyclic) bond motifs is 3. The van der Waals surface area contributed by atoms with Crippen LogP contribution in [0.4, 0.5) is 5.69 Å². The number of anilines is 1. The molecule has 0 radical (unpaired) electrons. The smallest absolute Gasteiger partial charge is 0.241 e. The van der Waals surface area contributed by atoms with Gasteiger partial charge in [0, 0.05) is 11.1 Å². The van der Waals surface area contributed by atoms with Gasteiger partial charge in [-0.3, -0.25) is 19.2 Å². The molecule has 3 aromatic rings. The summed E-state index contributed by atoms with van der Waals surface area (Å²) in [7, 11) is 0. The number of ketones is 2. The third kappa shape index (κ3) is 2.41. The van der Waals surface area contributed by atoms with Gasteiger partial charge in [0.25, 0.3) is 0 Å². The summed E-state index contributed by atoms with van der Waals surface area (Å²) in [6, 6.07) is 22.6. The fourth-order valence-corrected chi connectivity index (χ4v) is 5.51. The van der Waals surface area contributed by atoms with E-state index in [4.69, 9.17) is 4.74 Å². The second kappa shape index (κ2) is 6.80. The first-order valence-electron chi connectivity index (χ1n) is 10.8. The van der Waals surface area contributed by atoms with Gasteiger partial charge in [0.2, 0.25) is 29.0 Å². The number of imide groups is 1. The maximum atomic E-state index is 13.9. The highest BCUT2D eigenvalue weighted by Gasteiger charge is 2.74. The first kappa shape index (κ1) is 19.8. The molecule has 1 aliphatic carbocycles. The summed E-state index contributed by atoms with van der Waals surface area (Å²) in [5, 5.41) is 0. The molecule has 3 atom stereocenters. The van der Waals surface area contributed by atoms with Crippen molar-refractivity contribution in [2.75, 3.05) is 4.90 Å². The molecular formula is C27H19NO5. The van der Waals surface area contributed by atoms with Crippen molar-refractivity contribution in [3.05, 3.63) is 101 Å². The summed E-state index contributed by atoms with van der Waals surface area (Å²) in [5.74, 6) is -4.36. The Hall–Kier alpha value is -3.90. The number of Topliss-reactive ketones (excluding diaryl/α,β-unsaturated/α-hetero) is 2. The average molecular weight is 437 g/mol. The Morgan fingerprint density at radius 3 is 1.94 bits per heavy atom. The number of hydrogen-bond acceptors (Lipinski definition) is 5. The van der Waals surface area contributed by atoms with E-state index in [1.54, 1.807) is 60.7 Å². The molecule has 2 fully saturated rings. The molecule has 2 amide bonds. The van der Waals surface area contributed by atoms with Crippen LogP contribution in [-0.2, 0) is 14.3 Å². The normalized spacial score (nSPS) is 25.1. The van der Waals surface area contributed by atoms with Crippen LogP contribution in [0, 0.1) is 18.8 Å². The lowest BCUT2D eigenvalue weighted by atomic mass is 9.77. The lowest BCUT2D eigenvalue weighted by molar-refractivity contribution is -0.127. The molecule has 1 spiro atoms. The number of aryl methyl sites for hydroxylation is 1. The van der Waals surface area contributed by atoms with Gasteiger partial charge in [-0.05, 0) is 24.1 Å². The number of rotatable bonds is 2. The number of carbonyl (C=O) groups is 4. The van der Waals surface area contributed by atoms with Crippen molar-refractivity contribution in [2.24, 2.45) is 11.8 Å². The van der Waals surface area contributed by atoms with Gasteiger partial charge in [-0.2, -0.15) is 0 Å². The minimum atomic E-state index is -2.04. The SMILES string of the molecule is Cc1ccccc1N1C(=O)[C@@H]2[C@@H](C1=O)C1(O[C@H]2c2ccccc2)C(=O)c2ccccc2C1=O. The fraction of sp³-hybridized carbons (Fsp3) is 0.185. The van der Waals surface area contributed by atoms with E-state index < -0.39 is 46.9 Å². The number of amides is 2. The van der Waals surface area contributed by atoms with E-state index in [1.165, 1.54) is 0 Å². The first-order chi connectivity index (χ1) is 16.0. The monoisotopic (exact) mass is 437 g/mol. The van der Waals surface area contributed by atoms with Gasteiger partial charge in [-0.1, -0.05) is 72.8 Å². The number of benzene rings is 3. The second-order valence-corrected chi connectivity index (χ2v) is 8.69. The van der Waals surface area contributed by atoms with E-state index in [2.05, 4.69) is 0 Å². The van der Waals surface area contributed by atoms with Crippen LogP contribution in [0.5, 0.6) is 0 Å². The Kier molecular flexibility index (Phi) is 4.07. The van der Waals surface area contributed by atoms with Crippen LogP contribution in [0.25, 0.3) is 0 Å². The zero-order chi connectivity index (χ0) is 22.9. The van der Waals surface area contributed by atoms with E-state index in [-0.39, 0.29) is 11.1 Å². The van der Waals surface area contributed by atoms with Crippen molar-refractivity contribution < 1.29 is 23.9 Å². The summed E-state index contributed by atoms with van der Waals surface area (Å²) >= 11 is 0. The minimum Gasteiger partial charge on any atom is -0.349 e. The van der Waals surface area contributed by atoms with Gasteiger partial charge in [0.1, 0.15) is 0 Å². The standard InChI is InChI=1S/C27H19NO5/c1-15-9-5-8-14-19(15)28-25(31)20-21(26(28)32)27(33-22(20)16-10-3-2-4-11-16)23(29)17-12-6-7-13-18(17)24(27)30/h2-14,20-22H,1H3/t20-,21+,22+/m1/s1. The van der Waals surface area contributed by atoms with Crippen LogP contribution in [0.2, 0.25) is 0 Å². The van der Waals surface area contributed by atoms with Crippen molar-refractivity contribution in [1.29, 1.82) is 0 Å². The third-order valence-electron chi connectivity index (χ3n) is 7.00. The van der Waals surface area contributed by atoms with E-state index in [0.717, 1.165) is 10.5 Å². The van der Waals surface area contributed by atoms with Gasteiger partial charge in [-0.25, -0.2) is 4.90 Å². The second-order valence-electron chi connectivity index (χ2n) is 8.69. The van der Waals surface area contributed by atoms with Crippen molar-refractivity contribution in [3.63, 3.8) is 0 Å². The molecule has 0 N–H and O–H groups in total. The van der Waals surface area contributed by atoms with Crippen LogP contribution >= 0.6 is 0 Å². The van der Waals surface area contributed by atoms with Crippen LogP contribution in [0.1, 0.15) is 37.9 Å². The fourth-order valence-electron chi connectivity index (χ4n) is 5.51. The zero-order valence-electron chi connectivity index (χ0n) is 17.7. The van der Waals surface area contributed by atoms with E-state index >= 15 is 0 Å². The lowest BCUT2D eigenvalue weighted by Gasteiger charge is -2.27.